The van der Waals surface area contributed by atoms with Crippen molar-refractivity contribution < 1.29 is 4.79 Å². The zero-order valence-corrected chi connectivity index (χ0v) is 13.9. The highest BCUT2D eigenvalue weighted by Gasteiger charge is 2.07. The number of nitrogens with one attached hydrogen (secondary N) is 1. The first-order chi connectivity index (χ1) is 9.88. The lowest BCUT2D eigenvalue weighted by molar-refractivity contribution is -0.116. The maximum absolute atomic E-state index is 11.9. The van der Waals surface area contributed by atoms with Crippen LogP contribution in [0.2, 0.25) is 5.02 Å². The minimum Gasteiger partial charge on any atom is -0.397 e. The second kappa shape index (κ2) is 8.90. The number of nitrogens with zero attached hydrogens (tertiary/aromatic N) is 1. The van der Waals surface area contributed by atoms with Crippen LogP contribution in [0.15, 0.2) is 18.2 Å². The number of amides is 1. The molecule has 5 heteroatoms. The number of benzene rings is 1. The molecule has 0 bridgehead atoms. The lowest BCUT2D eigenvalue weighted by Gasteiger charge is -2.17. The van der Waals surface area contributed by atoms with Crippen molar-refractivity contribution in [2.45, 2.75) is 33.1 Å². The summed E-state index contributed by atoms with van der Waals surface area (Å²) in [7, 11) is 2.09. The van der Waals surface area contributed by atoms with E-state index in [2.05, 4.69) is 31.1 Å². The summed E-state index contributed by atoms with van der Waals surface area (Å²) in [5.41, 5.74) is 6.91. The fourth-order valence-corrected chi connectivity index (χ4v) is 2.12. The van der Waals surface area contributed by atoms with Crippen LogP contribution in [-0.2, 0) is 4.79 Å². The molecule has 0 aromatic heterocycles. The molecule has 0 aliphatic rings. The van der Waals surface area contributed by atoms with Gasteiger partial charge in [-0.3, -0.25) is 4.79 Å². The van der Waals surface area contributed by atoms with E-state index >= 15 is 0 Å². The number of halogens is 1. The van der Waals surface area contributed by atoms with E-state index in [0.29, 0.717) is 28.7 Å². The van der Waals surface area contributed by atoms with Crippen molar-refractivity contribution in [3.63, 3.8) is 0 Å². The maximum Gasteiger partial charge on any atom is 0.224 e. The predicted octanol–water partition coefficient (Wildman–Crippen LogP) is 3.62. The van der Waals surface area contributed by atoms with Crippen molar-refractivity contribution in [2.24, 2.45) is 5.92 Å². The monoisotopic (exact) mass is 311 g/mol. The highest BCUT2D eigenvalue weighted by atomic mass is 35.5. The van der Waals surface area contributed by atoms with E-state index in [-0.39, 0.29) is 5.91 Å². The molecular formula is C16H26ClN3O. The van der Waals surface area contributed by atoms with Crippen molar-refractivity contribution >= 4 is 28.9 Å². The molecule has 0 fully saturated rings. The van der Waals surface area contributed by atoms with E-state index < -0.39 is 0 Å². The van der Waals surface area contributed by atoms with E-state index in [0.717, 1.165) is 19.5 Å². The van der Waals surface area contributed by atoms with Gasteiger partial charge in [0.2, 0.25) is 5.91 Å². The van der Waals surface area contributed by atoms with Gasteiger partial charge in [0.05, 0.1) is 11.4 Å². The van der Waals surface area contributed by atoms with Crippen LogP contribution in [0, 0.1) is 5.92 Å². The molecule has 0 saturated carbocycles. The van der Waals surface area contributed by atoms with Gasteiger partial charge in [-0.25, -0.2) is 0 Å². The summed E-state index contributed by atoms with van der Waals surface area (Å²) in [4.78, 5) is 14.2. The molecule has 0 aliphatic heterocycles. The molecule has 0 radical (unpaired) electrons. The van der Waals surface area contributed by atoms with Crippen LogP contribution < -0.4 is 11.1 Å². The van der Waals surface area contributed by atoms with Crippen LogP contribution in [0.4, 0.5) is 11.4 Å². The minimum atomic E-state index is -0.0266. The van der Waals surface area contributed by atoms with Crippen LogP contribution in [-0.4, -0.2) is 30.9 Å². The Morgan fingerprint density at radius 1 is 1.38 bits per heavy atom. The molecule has 3 N–H and O–H groups in total. The molecule has 0 atom stereocenters. The molecule has 118 valence electrons. The van der Waals surface area contributed by atoms with Crippen LogP contribution in [0.5, 0.6) is 0 Å². The smallest absolute Gasteiger partial charge is 0.224 e. The Labute approximate surface area is 132 Å². The summed E-state index contributed by atoms with van der Waals surface area (Å²) in [6.45, 7) is 6.43. The van der Waals surface area contributed by atoms with Crippen LogP contribution in [0.1, 0.15) is 33.1 Å². The first kappa shape index (κ1) is 17.8. The van der Waals surface area contributed by atoms with Gasteiger partial charge in [0.1, 0.15) is 0 Å². The number of hydrogen-bond donors (Lipinski definition) is 2. The van der Waals surface area contributed by atoms with Crippen LogP contribution >= 0.6 is 11.6 Å². The van der Waals surface area contributed by atoms with Crippen molar-refractivity contribution in [2.75, 3.05) is 31.2 Å². The van der Waals surface area contributed by atoms with Gasteiger partial charge in [-0.15, -0.1) is 0 Å². The third-order valence-corrected chi connectivity index (χ3v) is 3.56. The molecular weight excluding hydrogens is 286 g/mol. The predicted molar refractivity (Wildman–Crippen MR) is 90.7 cm³/mol. The highest BCUT2D eigenvalue weighted by Crippen LogP contribution is 2.23. The number of carbonyl (C=O) groups is 1. The summed E-state index contributed by atoms with van der Waals surface area (Å²) >= 11 is 5.89. The van der Waals surface area contributed by atoms with Crippen molar-refractivity contribution in [3.8, 4) is 0 Å². The zero-order chi connectivity index (χ0) is 15.8. The number of rotatable bonds is 8. The quantitative estimate of drug-likeness (QED) is 0.721. The second-order valence-electron chi connectivity index (χ2n) is 5.87. The van der Waals surface area contributed by atoms with E-state index in [9.17, 15) is 4.79 Å². The summed E-state index contributed by atoms with van der Waals surface area (Å²) in [5.74, 6) is 0.683. The molecule has 1 aromatic rings. The molecule has 21 heavy (non-hydrogen) atoms. The van der Waals surface area contributed by atoms with Crippen LogP contribution in [0.3, 0.4) is 0 Å². The molecule has 0 unspecified atom stereocenters. The number of carbonyl (C=O) groups excluding carboxylic acids is 1. The zero-order valence-electron chi connectivity index (χ0n) is 13.2. The highest BCUT2D eigenvalue weighted by molar-refractivity contribution is 6.31. The van der Waals surface area contributed by atoms with Gasteiger partial charge in [0.25, 0.3) is 0 Å². The van der Waals surface area contributed by atoms with E-state index in [1.54, 1.807) is 18.2 Å². The molecule has 1 rings (SSSR count). The normalized spacial score (nSPS) is 11.1. The Kier molecular flexibility index (Phi) is 7.54. The molecule has 0 spiro atoms. The van der Waals surface area contributed by atoms with Crippen molar-refractivity contribution in [1.82, 2.24) is 4.90 Å². The standard InChI is InChI=1S/C16H26ClN3O/c1-12(2)8-10-20(3)9-4-5-16(21)19-15-11-13(17)6-7-14(15)18/h6-7,11-12H,4-5,8-10,18H2,1-3H3,(H,19,21). The molecule has 0 saturated heterocycles. The third kappa shape index (κ3) is 7.34. The molecule has 4 nitrogen and oxygen atoms in total. The SMILES string of the molecule is CC(C)CCN(C)CCCC(=O)Nc1cc(Cl)ccc1N. The molecule has 1 aromatic carbocycles. The third-order valence-electron chi connectivity index (χ3n) is 3.32. The molecule has 1 amide bonds. The van der Waals surface area contributed by atoms with E-state index in [4.69, 9.17) is 17.3 Å². The van der Waals surface area contributed by atoms with Gasteiger partial charge < -0.3 is 16.0 Å². The lowest BCUT2D eigenvalue weighted by atomic mass is 10.1. The fraction of sp³-hybridized carbons (Fsp3) is 0.562. The first-order valence-corrected chi connectivity index (χ1v) is 7.79. The Hall–Kier alpha value is -1.26. The minimum absolute atomic E-state index is 0.0266. The van der Waals surface area contributed by atoms with E-state index in [1.807, 2.05) is 0 Å². The Morgan fingerprint density at radius 2 is 2.10 bits per heavy atom. The van der Waals surface area contributed by atoms with Crippen LogP contribution in [0.25, 0.3) is 0 Å². The number of nitrogens with two attached hydrogens (primary N) is 1. The lowest BCUT2D eigenvalue weighted by Crippen LogP contribution is -2.23. The molecule has 0 aliphatic carbocycles. The van der Waals surface area contributed by atoms with Crippen molar-refractivity contribution in [3.05, 3.63) is 23.2 Å². The number of anilines is 2. The summed E-state index contributed by atoms with van der Waals surface area (Å²) in [6, 6.07) is 5.07. The van der Waals surface area contributed by atoms with Crippen molar-refractivity contribution in [1.29, 1.82) is 0 Å². The summed E-state index contributed by atoms with van der Waals surface area (Å²) in [5, 5.41) is 3.37. The first-order valence-electron chi connectivity index (χ1n) is 7.42. The summed E-state index contributed by atoms with van der Waals surface area (Å²) < 4.78 is 0. The van der Waals surface area contributed by atoms with Gasteiger partial charge >= 0.3 is 0 Å². The average Bonchev–Trinajstić information content (AvgIpc) is 2.40. The van der Waals surface area contributed by atoms with Gasteiger partial charge in [0, 0.05) is 11.4 Å². The van der Waals surface area contributed by atoms with Gasteiger partial charge in [-0.05, 0) is 57.1 Å². The molecule has 0 heterocycles. The maximum atomic E-state index is 11.9. The van der Waals surface area contributed by atoms with E-state index in [1.165, 1.54) is 6.42 Å². The number of nitrogen functional groups attached to an aromatic ring is 1. The Morgan fingerprint density at radius 3 is 2.76 bits per heavy atom. The van der Waals surface area contributed by atoms with Gasteiger partial charge in [0.15, 0.2) is 0 Å². The second-order valence-corrected chi connectivity index (χ2v) is 6.31. The summed E-state index contributed by atoms with van der Waals surface area (Å²) in [6.07, 6.45) is 2.50. The fourth-order valence-electron chi connectivity index (χ4n) is 1.95. The number of hydrogen-bond acceptors (Lipinski definition) is 3. The Balaban J connectivity index is 2.29. The average molecular weight is 312 g/mol. The van der Waals surface area contributed by atoms with Gasteiger partial charge in [-0.1, -0.05) is 25.4 Å². The Bertz CT molecular complexity index is 463. The van der Waals surface area contributed by atoms with Gasteiger partial charge in [-0.2, -0.15) is 0 Å². The topological polar surface area (TPSA) is 58.4 Å². The largest absolute Gasteiger partial charge is 0.397 e.